The maximum atomic E-state index is 12.5. The second-order valence-corrected chi connectivity index (χ2v) is 5.55. The van der Waals surface area contributed by atoms with Crippen molar-refractivity contribution in [2.45, 2.75) is 57.0 Å². The number of rotatable bonds is 3. The summed E-state index contributed by atoms with van der Waals surface area (Å²) in [4.78, 5) is 25.6. The molecule has 102 valence electrons. The van der Waals surface area contributed by atoms with Gasteiger partial charge in [0.05, 0.1) is 0 Å². The van der Waals surface area contributed by atoms with E-state index in [1.807, 2.05) is 6.92 Å². The van der Waals surface area contributed by atoms with Gasteiger partial charge in [-0.3, -0.25) is 4.79 Å². The summed E-state index contributed by atoms with van der Waals surface area (Å²) in [6.45, 7) is 2.42. The smallest absolute Gasteiger partial charge is 0.329 e. The summed E-state index contributed by atoms with van der Waals surface area (Å²) >= 11 is 0. The van der Waals surface area contributed by atoms with Crippen LogP contribution in [0.2, 0.25) is 0 Å². The molecule has 0 aromatic heterocycles. The lowest BCUT2D eigenvalue weighted by molar-refractivity contribution is -0.158. The molecule has 18 heavy (non-hydrogen) atoms. The molecule has 0 bridgehead atoms. The van der Waals surface area contributed by atoms with E-state index in [1.165, 1.54) is 0 Å². The number of carboxylic acids is 1. The van der Waals surface area contributed by atoms with E-state index in [1.54, 1.807) is 4.90 Å². The Labute approximate surface area is 107 Å². The number of nitrogens with two attached hydrogens (primary N) is 1. The van der Waals surface area contributed by atoms with E-state index in [2.05, 4.69) is 0 Å². The molecule has 2 aliphatic rings. The first-order valence-electron chi connectivity index (χ1n) is 6.81. The number of carbonyl (C=O) groups is 2. The molecule has 1 saturated heterocycles. The van der Waals surface area contributed by atoms with Gasteiger partial charge in [-0.1, -0.05) is 6.92 Å². The highest BCUT2D eigenvalue weighted by atomic mass is 16.4. The molecule has 1 heterocycles. The standard InChI is InChI=1S/C13H22N2O3/c1-2-13(12(17)18)6-3-7-15(13)11(16)9-4-5-10(14)8-9/h9-10H,2-8,14H2,1H3,(H,17,18). The van der Waals surface area contributed by atoms with Gasteiger partial charge in [0.25, 0.3) is 0 Å². The van der Waals surface area contributed by atoms with Crippen molar-refractivity contribution in [1.29, 1.82) is 0 Å². The van der Waals surface area contributed by atoms with Gasteiger partial charge < -0.3 is 15.7 Å². The number of nitrogens with zero attached hydrogens (tertiary/aromatic N) is 1. The Hall–Kier alpha value is -1.10. The van der Waals surface area contributed by atoms with Crippen molar-refractivity contribution in [3.05, 3.63) is 0 Å². The topological polar surface area (TPSA) is 83.6 Å². The van der Waals surface area contributed by atoms with Crippen molar-refractivity contribution >= 4 is 11.9 Å². The largest absolute Gasteiger partial charge is 0.479 e. The highest BCUT2D eigenvalue weighted by Gasteiger charge is 2.50. The fourth-order valence-electron chi connectivity index (χ4n) is 3.40. The van der Waals surface area contributed by atoms with Gasteiger partial charge in [0.2, 0.25) is 5.91 Å². The molecular formula is C13H22N2O3. The normalized spacial score (nSPS) is 36.0. The van der Waals surface area contributed by atoms with Gasteiger partial charge in [0.1, 0.15) is 5.54 Å². The predicted octanol–water partition coefficient (Wildman–Crippen LogP) is 0.970. The zero-order valence-corrected chi connectivity index (χ0v) is 10.9. The van der Waals surface area contributed by atoms with Crippen molar-refractivity contribution in [2.24, 2.45) is 11.7 Å². The summed E-state index contributed by atoms with van der Waals surface area (Å²) in [6, 6.07) is 0.0995. The number of carbonyl (C=O) groups excluding carboxylic acids is 1. The third kappa shape index (κ3) is 2.00. The van der Waals surface area contributed by atoms with Gasteiger partial charge in [-0.2, -0.15) is 0 Å². The quantitative estimate of drug-likeness (QED) is 0.786. The van der Waals surface area contributed by atoms with Crippen LogP contribution in [-0.4, -0.2) is 40.0 Å². The predicted molar refractivity (Wildman–Crippen MR) is 66.9 cm³/mol. The van der Waals surface area contributed by atoms with Gasteiger partial charge >= 0.3 is 5.97 Å². The zero-order chi connectivity index (χ0) is 13.3. The summed E-state index contributed by atoms with van der Waals surface area (Å²) in [5, 5.41) is 9.46. The molecule has 2 fully saturated rings. The van der Waals surface area contributed by atoms with Crippen LogP contribution >= 0.6 is 0 Å². The van der Waals surface area contributed by atoms with E-state index in [9.17, 15) is 14.7 Å². The minimum Gasteiger partial charge on any atom is -0.479 e. The first-order valence-corrected chi connectivity index (χ1v) is 6.81. The molecule has 1 aliphatic carbocycles. The molecule has 1 amide bonds. The van der Waals surface area contributed by atoms with Crippen molar-refractivity contribution in [3.63, 3.8) is 0 Å². The van der Waals surface area contributed by atoms with Gasteiger partial charge in [-0.15, -0.1) is 0 Å². The molecule has 0 radical (unpaired) electrons. The van der Waals surface area contributed by atoms with Crippen LogP contribution < -0.4 is 5.73 Å². The molecule has 0 aromatic rings. The zero-order valence-electron chi connectivity index (χ0n) is 10.9. The van der Waals surface area contributed by atoms with Crippen LogP contribution in [-0.2, 0) is 9.59 Å². The molecule has 5 nitrogen and oxygen atoms in total. The monoisotopic (exact) mass is 254 g/mol. The van der Waals surface area contributed by atoms with E-state index in [0.717, 1.165) is 19.3 Å². The molecule has 0 aromatic carbocycles. The maximum absolute atomic E-state index is 12.5. The first kappa shape index (κ1) is 13.3. The Balaban J connectivity index is 2.16. The highest BCUT2D eigenvalue weighted by molar-refractivity contribution is 5.89. The summed E-state index contributed by atoms with van der Waals surface area (Å²) in [5.74, 6) is -0.925. The third-order valence-corrected chi connectivity index (χ3v) is 4.56. The van der Waals surface area contributed by atoms with Crippen LogP contribution in [0.25, 0.3) is 0 Å². The Morgan fingerprint density at radius 1 is 1.44 bits per heavy atom. The molecule has 5 heteroatoms. The first-order chi connectivity index (χ1) is 8.51. The van der Waals surface area contributed by atoms with Gasteiger partial charge in [0, 0.05) is 18.5 Å². The molecule has 0 spiro atoms. The highest BCUT2D eigenvalue weighted by Crippen LogP contribution is 2.36. The molecule has 3 atom stereocenters. The third-order valence-electron chi connectivity index (χ3n) is 4.56. The van der Waals surface area contributed by atoms with Crippen LogP contribution in [0.3, 0.4) is 0 Å². The number of likely N-dealkylation sites (tertiary alicyclic amines) is 1. The van der Waals surface area contributed by atoms with Crippen LogP contribution in [0.5, 0.6) is 0 Å². The van der Waals surface area contributed by atoms with E-state index in [-0.39, 0.29) is 17.9 Å². The molecule has 3 unspecified atom stereocenters. The molecular weight excluding hydrogens is 232 g/mol. The lowest BCUT2D eigenvalue weighted by Crippen LogP contribution is -2.54. The van der Waals surface area contributed by atoms with E-state index in [0.29, 0.717) is 25.8 Å². The lowest BCUT2D eigenvalue weighted by Gasteiger charge is -2.35. The Kier molecular flexibility index (Phi) is 3.61. The number of aliphatic carboxylic acids is 1. The maximum Gasteiger partial charge on any atom is 0.329 e. The average molecular weight is 254 g/mol. The van der Waals surface area contributed by atoms with Gasteiger partial charge in [0.15, 0.2) is 0 Å². The fraction of sp³-hybridized carbons (Fsp3) is 0.846. The fourth-order valence-corrected chi connectivity index (χ4v) is 3.40. The molecule has 1 saturated carbocycles. The minimum absolute atomic E-state index is 0.00435. The van der Waals surface area contributed by atoms with Crippen molar-refractivity contribution in [2.75, 3.05) is 6.54 Å². The Morgan fingerprint density at radius 3 is 2.67 bits per heavy atom. The lowest BCUT2D eigenvalue weighted by atomic mass is 9.91. The summed E-state index contributed by atoms with van der Waals surface area (Å²) in [6.07, 6.45) is 4.21. The van der Waals surface area contributed by atoms with Crippen molar-refractivity contribution in [3.8, 4) is 0 Å². The van der Waals surface area contributed by atoms with Crippen molar-refractivity contribution in [1.82, 2.24) is 4.90 Å². The van der Waals surface area contributed by atoms with E-state index < -0.39 is 11.5 Å². The van der Waals surface area contributed by atoms with Crippen LogP contribution in [0, 0.1) is 5.92 Å². The Bertz CT molecular complexity index is 358. The average Bonchev–Trinajstić information content (AvgIpc) is 2.94. The van der Waals surface area contributed by atoms with Gasteiger partial charge in [-0.25, -0.2) is 4.79 Å². The number of hydrogen-bond donors (Lipinski definition) is 2. The van der Waals surface area contributed by atoms with Crippen LogP contribution in [0.15, 0.2) is 0 Å². The number of amides is 1. The SMILES string of the molecule is CCC1(C(=O)O)CCCN1C(=O)C1CCC(N)C1. The second kappa shape index (κ2) is 4.88. The van der Waals surface area contributed by atoms with Gasteiger partial charge in [-0.05, 0) is 38.5 Å². The molecule has 2 rings (SSSR count). The van der Waals surface area contributed by atoms with E-state index in [4.69, 9.17) is 5.73 Å². The molecule has 1 aliphatic heterocycles. The number of hydrogen-bond acceptors (Lipinski definition) is 3. The minimum atomic E-state index is -0.968. The second-order valence-electron chi connectivity index (χ2n) is 5.55. The summed E-state index contributed by atoms with van der Waals surface area (Å²) < 4.78 is 0. The van der Waals surface area contributed by atoms with E-state index >= 15 is 0 Å². The summed E-state index contributed by atoms with van der Waals surface area (Å²) in [5.41, 5.74) is 4.87. The van der Waals surface area contributed by atoms with Crippen LogP contribution in [0.1, 0.15) is 45.4 Å². The molecule has 3 N–H and O–H groups in total. The summed E-state index contributed by atoms with van der Waals surface area (Å²) in [7, 11) is 0. The van der Waals surface area contributed by atoms with Crippen LogP contribution in [0.4, 0.5) is 0 Å². The Morgan fingerprint density at radius 2 is 2.17 bits per heavy atom. The van der Waals surface area contributed by atoms with Crippen molar-refractivity contribution < 1.29 is 14.7 Å². The number of carboxylic acid groups (broad SMARTS) is 1.